The Morgan fingerprint density at radius 2 is 1.85 bits per heavy atom. The van der Waals surface area contributed by atoms with E-state index in [-0.39, 0.29) is 31.0 Å². The van der Waals surface area contributed by atoms with E-state index >= 15 is 0 Å². The number of hydrogen-bond acceptors (Lipinski definition) is 8. The number of hydrogen-bond donors (Lipinski definition) is 7. The van der Waals surface area contributed by atoms with Crippen LogP contribution in [-0.4, -0.2) is 91.4 Å². The number of allylic oxidation sites excluding steroid dienone is 7. The maximum absolute atomic E-state index is 12.5. The molecule has 1 heterocycles. The predicted octanol–water partition coefficient (Wildman–Crippen LogP) is 5.13. The van der Waals surface area contributed by atoms with Gasteiger partial charge < -0.3 is 36.4 Å². The first-order valence-electron chi connectivity index (χ1n) is 19.7. The van der Waals surface area contributed by atoms with Crippen molar-refractivity contribution in [2.24, 2.45) is 23.2 Å². The second kappa shape index (κ2) is 20.1. The lowest BCUT2D eigenvalue weighted by Crippen LogP contribution is -2.61. The minimum Gasteiger partial charge on any atom is -0.396 e. The highest BCUT2D eigenvalue weighted by Crippen LogP contribution is 2.63. The second-order valence-electron chi connectivity index (χ2n) is 15.8. The summed E-state index contributed by atoms with van der Waals surface area (Å²) in [5.74, 6) is -0.396. The van der Waals surface area contributed by atoms with Crippen LogP contribution in [0.5, 0.6) is 0 Å². The number of aldehydes is 1. The van der Waals surface area contributed by atoms with Gasteiger partial charge in [-0.25, -0.2) is 0 Å². The molecule has 0 saturated heterocycles. The van der Waals surface area contributed by atoms with Gasteiger partial charge in [-0.1, -0.05) is 71.9 Å². The molecule has 7 atom stereocenters. The molecule has 4 rings (SSSR count). The Hall–Kier alpha value is -2.69. The number of carbonyl (C=O) groups is 1. The molecular formula is C44H67N3O5. The third kappa shape index (κ3) is 9.89. The normalized spacial score (nSPS) is 31.3. The molecule has 2 fully saturated rings. The molecule has 2 aliphatic carbocycles. The molecule has 52 heavy (non-hydrogen) atoms. The third-order valence-electron chi connectivity index (χ3n) is 12.5. The molecular weight excluding hydrogens is 650 g/mol. The monoisotopic (exact) mass is 718 g/mol. The van der Waals surface area contributed by atoms with E-state index in [1.165, 1.54) is 16.7 Å². The first kappa shape index (κ1) is 42.1. The summed E-state index contributed by atoms with van der Waals surface area (Å²) in [6, 6.07) is 9.35. The number of aliphatic hydroxyl groups is 4. The van der Waals surface area contributed by atoms with Crippen molar-refractivity contribution < 1.29 is 25.2 Å². The maximum atomic E-state index is 12.5. The minimum atomic E-state index is -1.17. The molecule has 0 radical (unpaired) electrons. The number of aliphatic hydroxyl groups excluding tert-OH is 3. The number of rotatable bonds is 15. The van der Waals surface area contributed by atoms with Gasteiger partial charge in [0, 0.05) is 30.5 Å². The van der Waals surface area contributed by atoms with Crippen molar-refractivity contribution in [2.75, 3.05) is 46.9 Å². The van der Waals surface area contributed by atoms with E-state index in [9.17, 15) is 25.2 Å². The number of nitrogens with one attached hydrogen (secondary N) is 3. The summed E-state index contributed by atoms with van der Waals surface area (Å²) in [4.78, 5) is 12.0. The smallest absolute Gasteiger partial charge is 0.145 e. The van der Waals surface area contributed by atoms with Gasteiger partial charge in [-0.05, 0) is 146 Å². The Morgan fingerprint density at radius 3 is 2.54 bits per heavy atom. The van der Waals surface area contributed by atoms with E-state index in [4.69, 9.17) is 0 Å². The molecule has 7 N–H and O–H groups in total. The first-order chi connectivity index (χ1) is 25.1. The van der Waals surface area contributed by atoms with Crippen LogP contribution in [0.25, 0.3) is 0 Å². The van der Waals surface area contributed by atoms with Crippen LogP contribution in [0, 0.1) is 23.2 Å². The van der Waals surface area contributed by atoms with E-state index in [1.807, 2.05) is 39.2 Å². The Bertz CT molecular complexity index is 1470. The van der Waals surface area contributed by atoms with Gasteiger partial charge in [0.25, 0.3) is 0 Å². The molecule has 1 aromatic carbocycles. The highest BCUT2D eigenvalue weighted by molar-refractivity contribution is 5.74. The van der Waals surface area contributed by atoms with E-state index < -0.39 is 17.1 Å². The van der Waals surface area contributed by atoms with Gasteiger partial charge in [-0.15, -0.1) is 0 Å². The largest absolute Gasteiger partial charge is 0.396 e. The molecule has 2 saturated carbocycles. The van der Waals surface area contributed by atoms with Crippen LogP contribution in [0.3, 0.4) is 0 Å². The van der Waals surface area contributed by atoms with Crippen LogP contribution in [0.15, 0.2) is 83.0 Å². The lowest BCUT2D eigenvalue weighted by molar-refractivity contribution is -0.180. The number of carbonyl (C=O) groups excluding carboxylic acids is 1. The summed E-state index contributed by atoms with van der Waals surface area (Å²) >= 11 is 0. The predicted molar refractivity (Wildman–Crippen MR) is 212 cm³/mol. The quantitative estimate of drug-likeness (QED) is 0.0575. The third-order valence-corrected chi connectivity index (χ3v) is 12.5. The molecule has 0 amide bonds. The fraction of sp³-hybridized carbons (Fsp3) is 0.614. The Morgan fingerprint density at radius 1 is 1.10 bits per heavy atom. The maximum Gasteiger partial charge on any atom is 0.145 e. The van der Waals surface area contributed by atoms with E-state index in [1.54, 1.807) is 0 Å². The van der Waals surface area contributed by atoms with Crippen molar-refractivity contribution >= 4 is 6.29 Å². The van der Waals surface area contributed by atoms with Crippen molar-refractivity contribution in [3.63, 3.8) is 0 Å². The Labute approximate surface area is 313 Å². The van der Waals surface area contributed by atoms with Crippen LogP contribution in [-0.2, 0) is 17.6 Å². The van der Waals surface area contributed by atoms with Crippen LogP contribution < -0.4 is 16.0 Å². The van der Waals surface area contributed by atoms with Gasteiger partial charge in [-0.3, -0.25) is 4.79 Å². The lowest BCUT2D eigenvalue weighted by Gasteiger charge is -2.57. The molecule has 8 nitrogen and oxygen atoms in total. The minimum absolute atomic E-state index is 0.00104. The summed E-state index contributed by atoms with van der Waals surface area (Å²) in [5, 5.41) is 55.6. The van der Waals surface area contributed by atoms with Crippen molar-refractivity contribution in [2.45, 2.75) is 102 Å². The molecule has 1 spiro atoms. The summed E-state index contributed by atoms with van der Waals surface area (Å²) in [5.41, 5.74) is 5.28. The van der Waals surface area contributed by atoms with Gasteiger partial charge in [0.15, 0.2) is 0 Å². The summed E-state index contributed by atoms with van der Waals surface area (Å²) < 4.78 is 0. The van der Waals surface area contributed by atoms with Gasteiger partial charge in [0.05, 0.1) is 18.3 Å². The van der Waals surface area contributed by atoms with Gasteiger partial charge in [0.2, 0.25) is 0 Å². The average molecular weight is 718 g/mol. The molecule has 0 unspecified atom stereocenters. The van der Waals surface area contributed by atoms with Crippen molar-refractivity contribution in [1.82, 2.24) is 16.0 Å². The fourth-order valence-electron chi connectivity index (χ4n) is 9.54. The first-order valence-corrected chi connectivity index (χ1v) is 19.7. The molecule has 1 aliphatic heterocycles. The number of benzene rings is 1. The fourth-order valence-corrected chi connectivity index (χ4v) is 9.54. The molecule has 2 bridgehead atoms. The molecule has 8 heteroatoms. The van der Waals surface area contributed by atoms with Crippen LogP contribution >= 0.6 is 0 Å². The highest BCUT2D eigenvalue weighted by atomic mass is 16.3. The standard InChI is InChI=1S/C44H67N3O5/c1-31-14-15-36(26-34-10-7-11-35(25-34)27-38(47-28-31)18-22-45-4)32(2)9-6-12-37(30-50)40-17-20-44(42(40)51)41(13-8-24-48)39(33(3)29-49)16-19-43(44,52)21-23-46-5/h6-7,9-12,14,25,29,36,38,40-42,45-48,50-52H,2,8,13,15-24,26-28,30H2,1,3-5H3/t36-,38+,40-,41+,42-,43+,44-/m1/s1. The summed E-state index contributed by atoms with van der Waals surface area (Å²) in [6.45, 7) is 10.7. The molecule has 288 valence electrons. The number of fused-ring (bicyclic) bond motifs is 2. The Balaban J connectivity index is 1.60. The van der Waals surface area contributed by atoms with E-state index in [0.717, 1.165) is 61.8 Å². The topological polar surface area (TPSA) is 134 Å². The van der Waals surface area contributed by atoms with Gasteiger partial charge in [-0.2, -0.15) is 0 Å². The van der Waals surface area contributed by atoms with Crippen molar-refractivity contribution in [3.8, 4) is 0 Å². The Kier molecular flexibility index (Phi) is 16.3. The lowest BCUT2D eigenvalue weighted by atomic mass is 9.51. The second-order valence-corrected chi connectivity index (χ2v) is 15.8. The SMILES string of the molecule is C=C(C=CC=C(CO)[C@H]1CC[C@]2([C@@H]1O)[C@@H](CCCO)C(=C(C)C=O)CC[C@]2(O)CCNC)[C@@H]1CC=C(C)CN[C@@H](CCNC)Cc2cccc(c2)C1. The average Bonchev–Trinajstić information content (AvgIpc) is 3.49. The van der Waals surface area contributed by atoms with Crippen LogP contribution in [0.1, 0.15) is 82.8 Å². The zero-order chi connectivity index (χ0) is 37.7. The summed E-state index contributed by atoms with van der Waals surface area (Å²) in [7, 11) is 3.86. The van der Waals surface area contributed by atoms with Crippen molar-refractivity contribution in [1.29, 1.82) is 0 Å². The molecule has 3 aliphatic rings. The van der Waals surface area contributed by atoms with Gasteiger partial charge >= 0.3 is 0 Å². The van der Waals surface area contributed by atoms with Crippen molar-refractivity contribution in [3.05, 3.63) is 94.1 Å². The zero-order valence-corrected chi connectivity index (χ0v) is 32.3. The summed E-state index contributed by atoms with van der Waals surface area (Å²) in [6.07, 6.45) is 15.8. The zero-order valence-electron chi connectivity index (χ0n) is 32.3. The van der Waals surface area contributed by atoms with E-state index in [0.29, 0.717) is 63.1 Å². The highest BCUT2D eigenvalue weighted by Gasteiger charge is 2.65. The molecule has 1 aromatic rings. The molecule has 0 aromatic heterocycles. The van der Waals surface area contributed by atoms with Crippen LogP contribution in [0.4, 0.5) is 0 Å². The van der Waals surface area contributed by atoms with Gasteiger partial charge in [0.1, 0.15) is 6.29 Å². The van der Waals surface area contributed by atoms with E-state index in [2.05, 4.69) is 59.8 Å². The van der Waals surface area contributed by atoms with Crippen LogP contribution in [0.2, 0.25) is 0 Å².